The van der Waals surface area contributed by atoms with E-state index in [1.54, 1.807) is 0 Å². The Kier molecular flexibility index (Phi) is 5.94. The molecule has 0 saturated heterocycles. The van der Waals surface area contributed by atoms with E-state index >= 15 is 0 Å². The molecule has 0 saturated carbocycles. The first-order chi connectivity index (χ1) is 12.8. The van der Waals surface area contributed by atoms with Crippen LogP contribution >= 0.6 is 0 Å². The van der Waals surface area contributed by atoms with E-state index in [9.17, 15) is 4.79 Å². The molecule has 0 fully saturated rings. The molecule has 3 rings (SSSR count). The Bertz CT molecular complexity index is 845. The van der Waals surface area contributed by atoms with Crippen molar-refractivity contribution >= 4 is 17.4 Å². The van der Waals surface area contributed by atoms with Gasteiger partial charge in [-0.05, 0) is 24.1 Å². The number of rotatable bonds is 6. The van der Waals surface area contributed by atoms with Crippen molar-refractivity contribution in [3.05, 3.63) is 102 Å². The molecule has 0 heterocycles. The predicted molar refractivity (Wildman–Crippen MR) is 105 cm³/mol. The summed E-state index contributed by atoms with van der Waals surface area (Å²) in [5.74, 6) is -0.201. The van der Waals surface area contributed by atoms with Crippen LogP contribution in [-0.4, -0.2) is 18.8 Å². The number of benzene rings is 3. The predicted octanol–water partition coefficient (Wildman–Crippen LogP) is 4.96. The van der Waals surface area contributed by atoms with E-state index in [1.807, 2.05) is 60.7 Å². The Hall–Kier alpha value is -3.20. The van der Waals surface area contributed by atoms with Gasteiger partial charge >= 0.3 is 5.97 Å². The number of carbonyl (C=O) groups excluding carboxylic acids is 1. The van der Waals surface area contributed by atoms with Crippen LogP contribution in [0.2, 0.25) is 0 Å². The number of ether oxygens (including phenoxy) is 1. The van der Waals surface area contributed by atoms with E-state index in [0.717, 1.165) is 28.1 Å². The van der Waals surface area contributed by atoms with E-state index in [0.29, 0.717) is 12.8 Å². The highest BCUT2D eigenvalue weighted by Crippen LogP contribution is 2.20. The fourth-order valence-corrected chi connectivity index (χ4v) is 2.75. The summed E-state index contributed by atoms with van der Waals surface area (Å²) in [6.45, 7) is 0. The van der Waals surface area contributed by atoms with Crippen molar-refractivity contribution < 1.29 is 9.53 Å². The summed E-state index contributed by atoms with van der Waals surface area (Å²) in [6, 6.07) is 28.3. The van der Waals surface area contributed by atoms with Crippen molar-refractivity contribution in [3.63, 3.8) is 0 Å². The van der Waals surface area contributed by atoms with Crippen LogP contribution in [0.15, 0.2) is 89.9 Å². The van der Waals surface area contributed by atoms with Crippen LogP contribution in [0.1, 0.15) is 23.1 Å². The third-order valence-electron chi connectivity index (χ3n) is 4.09. The molecular weight excluding hydrogens is 322 g/mol. The summed E-state index contributed by atoms with van der Waals surface area (Å²) in [5, 5.41) is 0. The Morgan fingerprint density at radius 2 is 1.46 bits per heavy atom. The van der Waals surface area contributed by atoms with Crippen LogP contribution in [0.4, 0.5) is 5.69 Å². The molecule has 26 heavy (non-hydrogen) atoms. The van der Waals surface area contributed by atoms with Crippen LogP contribution < -0.4 is 0 Å². The Morgan fingerprint density at radius 3 is 2.04 bits per heavy atom. The van der Waals surface area contributed by atoms with E-state index in [2.05, 4.69) is 24.3 Å². The number of hydrogen-bond donors (Lipinski definition) is 0. The number of nitrogens with zero attached hydrogens (tertiary/aromatic N) is 1. The SMILES string of the molecule is COC(=O)CCc1cccc(N=C(c2ccccc2)c2ccccc2)c1. The summed E-state index contributed by atoms with van der Waals surface area (Å²) in [7, 11) is 1.41. The largest absolute Gasteiger partial charge is 0.469 e. The maximum atomic E-state index is 11.4. The number of hydrogen-bond acceptors (Lipinski definition) is 3. The molecule has 3 nitrogen and oxygen atoms in total. The first-order valence-corrected chi connectivity index (χ1v) is 8.61. The van der Waals surface area contributed by atoms with Gasteiger partial charge in [0.25, 0.3) is 0 Å². The minimum Gasteiger partial charge on any atom is -0.469 e. The van der Waals surface area contributed by atoms with Gasteiger partial charge in [0, 0.05) is 17.5 Å². The van der Waals surface area contributed by atoms with Gasteiger partial charge in [-0.2, -0.15) is 0 Å². The summed E-state index contributed by atoms with van der Waals surface area (Å²) < 4.78 is 4.72. The molecular formula is C23H21NO2. The van der Waals surface area contributed by atoms with Crippen molar-refractivity contribution in [2.75, 3.05) is 7.11 Å². The van der Waals surface area contributed by atoms with Gasteiger partial charge in [0.2, 0.25) is 0 Å². The first-order valence-electron chi connectivity index (χ1n) is 8.61. The van der Waals surface area contributed by atoms with Crippen molar-refractivity contribution in [2.24, 2.45) is 4.99 Å². The lowest BCUT2D eigenvalue weighted by Gasteiger charge is -2.08. The smallest absolute Gasteiger partial charge is 0.305 e. The van der Waals surface area contributed by atoms with Gasteiger partial charge in [-0.25, -0.2) is 4.99 Å². The molecule has 0 amide bonds. The van der Waals surface area contributed by atoms with E-state index in [1.165, 1.54) is 7.11 Å². The fraction of sp³-hybridized carbons (Fsp3) is 0.130. The molecule has 0 N–H and O–H groups in total. The molecule has 0 unspecified atom stereocenters. The molecule has 0 aliphatic heterocycles. The summed E-state index contributed by atoms with van der Waals surface area (Å²) >= 11 is 0. The minimum absolute atomic E-state index is 0.201. The van der Waals surface area contributed by atoms with Gasteiger partial charge in [0.05, 0.1) is 18.5 Å². The van der Waals surface area contributed by atoms with Gasteiger partial charge in [-0.3, -0.25) is 4.79 Å². The third kappa shape index (κ3) is 4.67. The lowest BCUT2D eigenvalue weighted by atomic mass is 10.0. The fourth-order valence-electron chi connectivity index (χ4n) is 2.75. The topological polar surface area (TPSA) is 38.7 Å². The molecule has 3 heteroatoms. The van der Waals surface area contributed by atoms with E-state index < -0.39 is 0 Å². The van der Waals surface area contributed by atoms with Crippen molar-refractivity contribution in [1.82, 2.24) is 0 Å². The molecule has 0 aliphatic carbocycles. The number of methoxy groups -OCH3 is 1. The second kappa shape index (κ2) is 8.77. The van der Waals surface area contributed by atoms with Crippen LogP contribution in [0.3, 0.4) is 0 Å². The lowest BCUT2D eigenvalue weighted by molar-refractivity contribution is -0.140. The Morgan fingerprint density at radius 1 is 0.846 bits per heavy atom. The Balaban J connectivity index is 1.94. The summed E-state index contributed by atoms with van der Waals surface area (Å²) in [5.41, 5.74) is 5.00. The van der Waals surface area contributed by atoms with Gasteiger partial charge in [0.1, 0.15) is 0 Å². The minimum atomic E-state index is -0.201. The van der Waals surface area contributed by atoms with Gasteiger partial charge in [-0.15, -0.1) is 0 Å². The highest BCUT2D eigenvalue weighted by atomic mass is 16.5. The van der Waals surface area contributed by atoms with E-state index in [-0.39, 0.29) is 5.97 Å². The first kappa shape index (κ1) is 17.6. The second-order valence-corrected chi connectivity index (χ2v) is 5.94. The highest BCUT2D eigenvalue weighted by molar-refractivity contribution is 6.13. The zero-order valence-corrected chi connectivity index (χ0v) is 14.8. The Labute approximate surface area is 154 Å². The zero-order valence-electron chi connectivity index (χ0n) is 14.8. The number of carbonyl (C=O) groups is 1. The van der Waals surface area contributed by atoms with Gasteiger partial charge in [0.15, 0.2) is 0 Å². The molecule has 3 aromatic carbocycles. The normalized spacial score (nSPS) is 10.2. The van der Waals surface area contributed by atoms with Crippen LogP contribution in [0.5, 0.6) is 0 Å². The van der Waals surface area contributed by atoms with Gasteiger partial charge < -0.3 is 4.74 Å². The number of aliphatic imine (C=N–C) groups is 1. The summed E-state index contributed by atoms with van der Waals surface area (Å²) in [4.78, 5) is 16.3. The van der Waals surface area contributed by atoms with Crippen LogP contribution in [-0.2, 0) is 16.0 Å². The van der Waals surface area contributed by atoms with E-state index in [4.69, 9.17) is 9.73 Å². The lowest BCUT2D eigenvalue weighted by Crippen LogP contribution is -2.03. The highest BCUT2D eigenvalue weighted by Gasteiger charge is 2.07. The zero-order chi connectivity index (χ0) is 18.2. The van der Waals surface area contributed by atoms with Crippen LogP contribution in [0, 0.1) is 0 Å². The average Bonchev–Trinajstić information content (AvgIpc) is 2.72. The number of esters is 1. The monoisotopic (exact) mass is 343 g/mol. The molecule has 130 valence electrons. The van der Waals surface area contributed by atoms with Crippen molar-refractivity contribution in [2.45, 2.75) is 12.8 Å². The van der Waals surface area contributed by atoms with Crippen molar-refractivity contribution in [3.8, 4) is 0 Å². The molecule has 0 atom stereocenters. The summed E-state index contributed by atoms with van der Waals surface area (Å²) in [6.07, 6.45) is 1.01. The quantitative estimate of drug-likeness (QED) is 0.469. The average molecular weight is 343 g/mol. The van der Waals surface area contributed by atoms with Crippen molar-refractivity contribution in [1.29, 1.82) is 0 Å². The molecule has 3 aromatic rings. The molecule has 0 aromatic heterocycles. The maximum Gasteiger partial charge on any atom is 0.305 e. The van der Waals surface area contributed by atoms with Gasteiger partial charge in [-0.1, -0.05) is 72.8 Å². The molecule has 0 spiro atoms. The molecule has 0 aliphatic rings. The van der Waals surface area contributed by atoms with Crippen LogP contribution in [0.25, 0.3) is 0 Å². The molecule has 0 radical (unpaired) electrons. The second-order valence-electron chi connectivity index (χ2n) is 5.94. The maximum absolute atomic E-state index is 11.4. The molecule has 0 bridgehead atoms. The number of aryl methyl sites for hydroxylation is 1. The third-order valence-corrected chi connectivity index (χ3v) is 4.09. The standard InChI is InChI=1S/C23H21NO2/c1-26-22(25)16-15-18-9-8-14-21(17-18)24-23(19-10-4-2-5-11-19)20-12-6-3-7-13-20/h2-14,17H,15-16H2,1H3.